The number of nitrogens with zero attached hydrogens (tertiary/aromatic N) is 1. The number of ether oxygens (including phenoxy) is 2. The quantitative estimate of drug-likeness (QED) is 0.775. The van der Waals surface area contributed by atoms with E-state index in [2.05, 4.69) is 10.2 Å². The molecule has 4 heteroatoms. The van der Waals surface area contributed by atoms with Crippen LogP contribution in [0.2, 0.25) is 0 Å². The van der Waals surface area contributed by atoms with Crippen molar-refractivity contribution in [1.29, 1.82) is 0 Å². The van der Waals surface area contributed by atoms with Crippen molar-refractivity contribution >= 4 is 0 Å². The third-order valence-corrected chi connectivity index (χ3v) is 4.04. The van der Waals surface area contributed by atoms with Gasteiger partial charge < -0.3 is 14.8 Å². The van der Waals surface area contributed by atoms with Crippen molar-refractivity contribution in [3.8, 4) is 0 Å². The molecule has 3 unspecified atom stereocenters. The first-order valence-corrected chi connectivity index (χ1v) is 6.87. The van der Waals surface area contributed by atoms with Crippen molar-refractivity contribution in [2.75, 3.05) is 40.5 Å². The molecule has 2 aliphatic rings. The van der Waals surface area contributed by atoms with Gasteiger partial charge in [0.15, 0.2) is 0 Å². The maximum Gasteiger partial charge on any atom is 0.0731 e. The predicted octanol–water partition coefficient (Wildman–Crippen LogP) is 0.864. The third-order valence-electron chi connectivity index (χ3n) is 4.04. The standard InChI is InChI=1S/C13H26N2O2/c1-14-9-11(10-16-2)15-7-8-17-13-6-4-3-5-12(13)15/h11-14H,3-10H2,1-2H3. The fourth-order valence-electron chi connectivity index (χ4n) is 3.28. The average molecular weight is 242 g/mol. The Morgan fingerprint density at radius 2 is 2.24 bits per heavy atom. The lowest BCUT2D eigenvalue weighted by molar-refractivity contribution is -0.109. The van der Waals surface area contributed by atoms with Crippen LogP contribution < -0.4 is 5.32 Å². The molecule has 2 fully saturated rings. The summed E-state index contributed by atoms with van der Waals surface area (Å²) < 4.78 is 11.3. The van der Waals surface area contributed by atoms with Crippen molar-refractivity contribution in [3.63, 3.8) is 0 Å². The average Bonchev–Trinajstić information content (AvgIpc) is 2.38. The van der Waals surface area contributed by atoms with Crippen molar-refractivity contribution in [3.05, 3.63) is 0 Å². The second-order valence-electron chi connectivity index (χ2n) is 5.17. The molecule has 1 N–H and O–H groups in total. The highest BCUT2D eigenvalue weighted by Crippen LogP contribution is 2.29. The molecule has 0 spiro atoms. The Labute approximate surface area is 105 Å². The topological polar surface area (TPSA) is 33.7 Å². The van der Waals surface area contributed by atoms with Crippen LogP contribution in [0.15, 0.2) is 0 Å². The Balaban J connectivity index is 1.99. The lowest BCUT2D eigenvalue weighted by atomic mass is 9.89. The molecule has 1 saturated carbocycles. The van der Waals surface area contributed by atoms with E-state index in [9.17, 15) is 0 Å². The number of likely N-dealkylation sites (N-methyl/N-ethyl adjacent to an activating group) is 1. The highest BCUT2D eigenvalue weighted by atomic mass is 16.5. The lowest BCUT2D eigenvalue weighted by Gasteiger charge is -2.47. The van der Waals surface area contributed by atoms with Crippen LogP contribution in [0.4, 0.5) is 0 Å². The van der Waals surface area contributed by atoms with Gasteiger partial charge in [-0.15, -0.1) is 0 Å². The fourth-order valence-corrected chi connectivity index (χ4v) is 3.28. The Kier molecular flexibility index (Phi) is 5.22. The van der Waals surface area contributed by atoms with E-state index in [-0.39, 0.29) is 0 Å². The Morgan fingerprint density at radius 1 is 1.41 bits per heavy atom. The summed E-state index contributed by atoms with van der Waals surface area (Å²) in [4.78, 5) is 2.62. The van der Waals surface area contributed by atoms with E-state index in [4.69, 9.17) is 9.47 Å². The van der Waals surface area contributed by atoms with E-state index in [1.165, 1.54) is 25.7 Å². The van der Waals surface area contributed by atoms with E-state index < -0.39 is 0 Å². The monoisotopic (exact) mass is 242 g/mol. The van der Waals surface area contributed by atoms with Gasteiger partial charge in [-0.05, 0) is 19.9 Å². The van der Waals surface area contributed by atoms with E-state index >= 15 is 0 Å². The maximum atomic E-state index is 5.92. The molecule has 0 radical (unpaired) electrons. The first-order chi connectivity index (χ1) is 8.36. The summed E-state index contributed by atoms with van der Waals surface area (Å²) in [6.45, 7) is 3.74. The van der Waals surface area contributed by atoms with E-state index in [0.717, 1.165) is 26.3 Å². The van der Waals surface area contributed by atoms with Crippen LogP contribution >= 0.6 is 0 Å². The van der Waals surface area contributed by atoms with E-state index in [0.29, 0.717) is 18.2 Å². The molecular weight excluding hydrogens is 216 g/mol. The zero-order valence-electron chi connectivity index (χ0n) is 11.2. The van der Waals surface area contributed by atoms with E-state index in [1.807, 2.05) is 7.05 Å². The van der Waals surface area contributed by atoms with Crippen LogP contribution in [0.5, 0.6) is 0 Å². The smallest absolute Gasteiger partial charge is 0.0731 e. The number of rotatable bonds is 5. The van der Waals surface area contributed by atoms with Crippen LogP contribution in [0.1, 0.15) is 25.7 Å². The molecule has 1 aliphatic carbocycles. The van der Waals surface area contributed by atoms with E-state index in [1.54, 1.807) is 7.11 Å². The third kappa shape index (κ3) is 3.19. The van der Waals surface area contributed by atoms with Gasteiger partial charge in [0, 0.05) is 32.3 Å². The summed E-state index contributed by atoms with van der Waals surface area (Å²) in [6, 6.07) is 1.10. The molecule has 1 heterocycles. The minimum atomic E-state index is 0.466. The number of hydrogen-bond acceptors (Lipinski definition) is 4. The molecule has 1 aliphatic heterocycles. The van der Waals surface area contributed by atoms with Gasteiger partial charge in [0.2, 0.25) is 0 Å². The number of hydrogen-bond donors (Lipinski definition) is 1. The van der Waals surface area contributed by atoms with Gasteiger partial charge in [0.25, 0.3) is 0 Å². The molecule has 0 aromatic rings. The molecule has 2 rings (SSSR count). The van der Waals surface area contributed by atoms with Gasteiger partial charge in [-0.3, -0.25) is 4.90 Å². The Hall–Kier alpha value is -0.160. The molecule has 1 saturated heterocycles. The summed E-state index contributed by atoms with van der Waals surface area (Å²) in [5, 5.41) is 3.28. The first kappa shape index (κ1) is 13.3. The van der Waals surface area contributed by atoms with Crippen molar-refractivity contribution in [1.82, 2.24) is 10.2 Å². The Morgan fingerprint density at radius 3 is 3.00 bits per heavy atom. The summed E-state index contributed by atoms with van der Waals surface area (Å²) in [6.07, 6.45) is 5.67. The summed E-state index contributed by atoms with van der Waals surface area (Å²) >= 11 is 0. The molecular formula is C13H26N2O2. The minimum Gasteiger partial charge on any atom is -0.383 e. The highest BCUT2D eigenvalue weighted by molar-refractivity contribution is 4.91. The normalized spacial score (nSPS) is 32.1. The number of nitrogens with one attached hydrogen (secondary N) is 1. The van der Waals surface area contributed by atoms with Gasteiger partial charge in [0.05, 0.1) is 19.3 Å². The summed E-state index contributed by atoms with van der Waals surface area (Å²) in [5.41, 5.74) is 0. The zero-order valence-corrected chi connectivity index (χ0v) is 11.2. The van der Waals surface area contributed by atoms with Crippen molar-refractivity contribution in [2.45, 2.75) is 43.9 Å². The second-order valence-corrected chi connectivity index (χ2v) is 5.17. The Bertz CT molecular complexity index is 217. The van der Waals surface area contributed by atoms with Gasteiger partial charge in [-0.25, -0.2) is 0 Å². The van der Waals surface area contributed by atoms with Crippen molar-refractivity contribution in [2.24, 2.45) is 0 Å². The molecule has 0 bridgehead atoms. The van der Waals surface area contributed by atoms with Crippen LogP contribution in [0.25, 0.3) is 0 Å². The summed E-state index contributed by atoms with van der Waals surface area (Å²) in [7, 11) is 3.81. The van der Waals surface area contributed by atoms with Gasteiger partial charge in [0.1, 0.15) is 0 Å². The van der Waals surface area contributed by atoms with Gasteiger partial charge >= 0.3 is 0 Å². The largest absolute Gasteiger partial charge is 0.383 e. The molecule has 3 atom stereocenters. The van der Waals surface area contributed by atoms with Crippen LogP contribution in [-0.2, 0) is 9.47 Å². The number of methoxy groups -OCH3 is 1. The molecule has 17 heavy (non-hydrogen) atoms. The molecule has 0 amide bonds. The lowest BCUT2D eigenvalue weighted by Crippen LogP contribution is -2.59. The first-order valence-electron chi connectivity index (χ1n) is 6.87. The maximum absolute atomic E-state index is 5.92. The molecule has 0 aromatic carbocycles. The highest BCUT2D eigenvalue weighted by Gasteiger charge is 2.37. The number of fused-ring (bicyclic) bond motifs is 1. The summed E-state index contributed by atoms with van der Waals surface area (Å²) in [5.74, 6) is 0. The fraction of sp³-hybridized carbons (Fsp3) is 1.00. The second kappa shape index (κ2) is 6.69. The van der Waals surface area contributed by atoms with Gasteiger partial charge in [-0.1, -0.05) is 12.8 Å². The van der Waals surface area contributed by atoms with Gasteiger partial charge in [-0.2, -0.15) is 0 Å². The van der Waals surface area contributed by atoms with Crippen molar-refractivity contribution < 1.29 is 9.47 Å². The molecule has 0 aromatic heterocycles. The predicted molar refractivity (Wildman–Crippen MR) is 68.3 cm³/mol. The minimum absolute atomic E-state index is 0.466. The van der Waals surface area contributed by atoms with Crippen LogP contribution in [0, 0.1) is 0 Å². The van der Waals surface area contributed by atoms with Crippen LogP contribution in [-0.4, -0.2) is 63.5 Å². The zero-order chi connectivity index (χ0) is 12.1. The SMILES string of the molecule is CNCC(COC)N1CCOC2CCCCC21. The number of morpholine rings is 1. The van der Waals surface area contributed by atoms with Crippen LogP contribution in [0.3, 0.4) is 0 Å². The molecule has 100 valence electrons. The molecule has 4 nitrogen and oxygen atoms in total.